The molecule has 0 atom stereocenters. The van der Waals surface area contributed by atoms with Crippen molar-refractivity contribution < 1.29 is 14.3 Å². The molecule has 0 aromatic heterocycles. The maximum absolute atomic E-state index is 11.7. The average molecular weight is 289 g/mol. The number of allylic oxidation sites excluding steroid dienone is 1. The van der Waals surface area contributed by atoms with Crippen molar-refractivity contribution in [3.8, 4) is 0 Å². The van der Waals surface area contributed by atoms with Crippen molar-refractivity contribution in [3.63, 3.8) is 0 Å². The predicted octanol–water partition coefficient (Wildman–Crippen LogP) is 2.63. The van der Waals surface area contributed by atoms with Crippen LogP contribution in [0, 0.1) is 0 Å². The lowest BCUT2D eigenvalue weighted by molar-refractivity contribution is -0.143. The van der Waals surface area contributed by atoms with Gasteiger partial charge in [-0.2, -0.15) is 0 Å². The van der Waals surface area contributed by atoms with Crippen molar-refractivity contribution in [2.75, 3.05) is 13.2 Å². The van der Waals surface area contributed by atoms with Crippen molar-refractivity contribution in [1.29, 1.82) is 0 Å². The molecule has 0 fully saturated rings. The fourth-order valence-corrected chi connectivity index (χ4v) is 1.80. The van der Waals surface area contributed by atoms with Gasteiger partial charge in [0, 0.05) is 6.54 Å². The highest BCUT2D eigenvalue weighted by molar-refractivity contribution is 5.79. The summed E-state index contributed by atoms with van der Waals surface area (Å²) in [6.45, 7) is 4.38. The third kappa shape index (κ3) is 8.63. The molecule has 0 spiro atoms. The normalized spacial score (nSPS) is 9.90. The first-order chi connectivity index (χ1) is 10.2. The molecule has 0 saturated heterocycles. The summed E-state index contributed by atoms with van der Waals surface area (Å²) in [6, 6.07) is 9.50. The van der Waals surface area contributed by atoms with E-state index in [1.165, 1.54) is 0 Å². The number of hydrogen-bond acceptors (Lipinski definition) is 3. The van der Waals surface area contributed by atoms with Gasteiger partial charge < -0.3 is 10.1 Å². The Morgan fingerprint density at radius 3 is 2.67 bits per heavy atom. The summed E-state index contributed by atoms with van der Waals surface area (Å²) in [5.74, 6) is -0.353. The molecule has 21 heavy (non-hydrogen) atoms. The second-order valence-corrected chi connectivity index (χ2v) is 4.77. The Labute approximate surface area is 126 Å². The van der Waals surface area contributed by atoms with Crippen molar-refractivity contribution >= 4 is 11.9 Å². The molecule has 0 aliphatic heterocycles. The van der Waals surface area contributed by atoms with Crippen molar-refractivity contribution in [3.05, 3.63) is 48.6 Å². The second kappa shape index (κ2) is 10.7. The Morgan fingerprint density at radius 1 is 1.19 bits per heavy atom. The number of esters is 1. The van der Waals surface area contributed by atoms with Crippen LogP contribution in [0.25, 0.3) is 0 Å². The van der Waals surface area contributed by atoms with Crippen LogP contribution in [0.1, 0.15) is 31.2 Å². The number of unbranched alkanes of at least 4 members (excludes halogenated alkanes) is 2. The molecule has 0 heterocycles. The molecule has 4 heteroatoms. The largest absolute Gasteiger partial charge is 0.466 e. The molecule has 1 amide bonds. The van der Waals surface area contributed by atoms with Crippen LogP contribution in [0.5, 0.6) is 0 Å². The average Bonchev–Trinajstić information content (AvgIpc) is 2.48. The van der Waals surface area contributed by atoms with Crippen LogP contribution in [0.3, 0.4) is 0 Å². The molecule has 0 aliphatic rings. The minimum Gasteiger partial charge on any atom is -0.466 e. The molecular weight excluding hydrogens is 266 g/mol. The van der Waals surface area contributed by atoms with E-state index in [1.54, 1.807) is 0 Å². The van der Waals surface area contributed by atoms with Gasteiger partial charge in [-0.05, 0) is 24.8 Å². The zero-order valence-electron chi connectivity index (χ0n) is 12.3. The standard InChI is InChI=1S/C17H23NO3/c1-2-3-4-8-13-21-17(20)11-12-18-16(19)14-15-9-6-5-7-10-15/h2,5-7,9-10H,1,3-4,8,11-14H2,(H,18,19). The Morgan fingerprint density at radius 2 is 1.95 bits per heavy atom. The molecule has 0 saturated carbocycles. The lowest BCUT2D eigenvalue weighted by atomic mass is 10.1. The van der Waals surface area contributed by atoms with E-state index in [0.29, 0.717) is 19.6 Å². The van der Waals surface area contributed by atoms with E-state index < -0.39 is 0 Å². The van der Waals surface area contributed by atoms with Gasteiger partial charge in [0.1, 0.15) is 0 Å². The minimum atomic E-state index is -0.270. The molecule has 0 aliphatic carbocycles. The molecular formula is C17H23NO3. The van der Waals surface area contributed by atoms with Gasteiger partial charge in [-0.15, -0.1) is 6.58 Å². The van der Waals surface area contributed by atoms with E-state index in [4.69, 9.17) is 4.74 Å². The number of benzene rings is 1. The van der Waals surface area contributed by atoms with E-state index in [9.17, 15) is 9.59 Å². The fourth-order valence-electron chi connectivity index (χ4n) is 1.80. The Balaban J connectivity index is 2.05. The summed E-state index contributed by atoms with van der Waals surface area (Å²) in [5.41, 5.74) is 0.958. The minimum absolute atomic E-state index is 0.0833. The summed E-state index contributed by atoms with van der Waals surface area (Å²) in [7, 11) is 0. The van der Waals surface area contributed by atoms with Crippen LogP contribution >= 0.6 is 0 Å². The first kappa shape index (κ1) is 17.0. The Hall–Kier alpha value is -2.10. The molecule has 1 aromatic rings. The summed E-state index contributed by atoms with van der Waals surface area (Å²) in [6.07, 6.45) is 5.15. The van der Waals surface area contributed by atoms with Gasteiger partial charge in [-0.3, -0.25) is 9.59 Å². The van der Waals surface area contributed by atoms with Crippen molar-refractivity contribution in [2.45, 2.75) is 32.1 Å². The molecule has 0 bridgehead atoms. The summed E-state index contributed by atoms with van der Waals surface area (Å²) < 4.78 is 5.06. The van der Waals surface area contributed by atoms with E-state index in [1.807, 2.05) is 36.4 Å². The lowest BCUT2D eigenvalue weighted by Crippen LogP contribution is -2.28. The van der Waals surface area contributed by atoms with Crippen LogP contribution in [0.4, 0.5) is 0 Å². The van der Waals surface area contributed by atoms with Gasteiger partial charge in [0.15, 0.2) is 0 Å². The number of ether oxygens (including phenoxy) is 1. The smallest absolute Gasteiger partial charge is 0.307 e. The molecule has 114 valence electrons. The first-order valence-electron chi connectivity index (χ1n) is 7.29. The summed E-state index contributed by atoms with van der Waals surface area (Å²) >= 11 is 0. The van der Waals surface area contributed by atoms with E-state index in [2.05, 4.69) is 11.9 Å². The third-order valence-electron chi connectivity index (χ3n) is 2.92. The van der Waals surface area contributed by atoms with Gasteiger partial charge in [-0.25, -0.2) is 0 Å². The molecule has 4 nitrogen and oxygen atoms in total. The van der Waals surface area contributed by atoms with Gasteiger partial charge >= 0.3 is 5.97 Å². The van der Waals surface area contributed by atoms with Gasteiger partial charge in [0.05, 0.1) is 19.4 Å². The Kier molecular flexibility index (Phi) is 8.61. The lowest BCUT2D eigenvalue weighted by Gasteiger charge is -2.06. The molecule has 1 aromatic carbocycles. The SMILES string of the molecule is C=CCCCCOC(=O)CCNC(=O)Cc1ccccc1. The number of hydrogen-bond donors (Lipinski definition) is 1. The highest BCUT2D eigenvalue weighted by Gasteiger charge is 2.05. The topological polar surface area (TPSA) is 55.4 Å². The monoisotopic (exact) mass is 289 g/mol. The highest BCUT2D eigenvalue weighted by atomic mass is 16.5. The van der Waals surface area contributed by atoms with Crippen LogP contribution in [0.2, 0.25) is 0 Å². The van der Waals surface area contributed by atoms with Crippen LogP contribution in [-0.2, 0) is 20.7 Å². The van der Waals surface area contributed by atoms with E-state index in [-0.39, 0.29) is 18.3 Å². The van der Waals surface area contributed by atoms with E-state index >= 15 is 0 Å². The molecule has 1 N–H and O–H groups in total. The first-order valence-corrected chi connectivity index (χ1v) is 7.29. The number of amides is 1. The number of carbonyl (C=O) groups excluding carboxylic acids is 2. The highest BCUT2D eigenvalue weighted by Crippen LogP contribution is 1.99. The third-order valence-corrected chi connectivity index (χ3v) is 2.92. The predicted molar refractivity (Wildman–Crippen MR) is 82.8 cm³/mol. The van der Waals surface area contributed by atoms with Crippen molar-refractivity contribution in [2.24, 2.45) is 0 Å². The van der Waals surface area contributed by atoms with Gasteiger partial charge in [-0.1, -0.05) is 36.4 Å². The quantitative estimate of drug-likeness (QED) is 0.409. The zero-order chi connectivity index (χ0) is 15.3. The van der Waals surface area contributed by atoms with Gasteiger partial charge in [0.2, 0.25) is 5.91 Å². The molecule has 1 rings (SSSR count). The summed E-state index contributed by atoms with van der Waals surface area (Å²) in [5, 5.41) is 2.72. The van der Waals surface area contributed by atoms with Crippen LogP contribution in [0.15, 0.2) is 43.0 Å². The maximum atomic E-state index is 11.7. The summed E-state index contributed by atoms with van der Waals surface area (Å²) in [4.78, 5) is 23.1. The van der Waals surface area contributed by atoms with Crippen LogP contribution in [-0.4, -0.2) is 25.0 Å². The zero-order valence-corrected chi connectivity index (χ0v) is 12.3. The van der Waals surface area contributed by atoms with Gasteiger partial charge in [0.25, 0.3) is 0 Å². The molecule has 0 radical (unpaired) electrons. The maximum Gasteiger partial charge on any atom is 0.307 e. The molecule has 0 unspecified atom stereocenters. The number of nitrogens with one attached hydrogen (secondary N) is 1. The fraction of sp³-hybridized carbons (Fsp3) is 0.412. The second-order valence-electron chi connectivity index (χ2n) is 4.77. The number of carbonyl (C=O) groups is 2. The Bertz CT molecular complexity index is 443. The van der Waals surface area contributed by atoms with Crippen molar-refractivity contribution in [1.82, 2.24) is 5.32 Å². The number of rotatable bonds is 10. The van der Waals surface area contributed by atoms with Crippen LogP contribution < -0.4 is 5.32 Å². The van der Waals surface area contributed by atoms with E-state index in [0.717, 1.165) is 24.8 Å².